The van der Waals surface area contributed by atoms with Gasteiger partial charge in [0.15, 0.2) is 0 Å². The lowest BCUT2D eigenvalue weighted by molar-refractivity contribution is 0.577. The average Bonchev–Trinajstić information content (AvgIpc) is 0.722. The minimum absolute atomic E-state index is 0. The van der Waals surface area contributed by atoms with E-state index in [1.54, 1.807) is 0 Å². The molecule has 0 fully saturated rings. The van der Waals surface area contributed by atoms with Crippen molar-refractivity contribution in [2.75, 3.05) is 0 Å². The monoisotopic (exact) mass is 140 g/mol. The molecule has 0 aliphatic carbocycles. The SMILES string of the molecule is NP(N)(N)=O.[N].[P]. The highest BCUT2D eigenvalue weighted by Crippen LogP contribution is 2.06. The molecule has 0 heterocycles. The Bertz CT molecular complexity index is 55.8. The van der Waals surface area contributed by atoms with Gasteiger partial charge < -0.3 is 0 Å². The number of nitrogens with two attached hydrogens (primary N) is 3. The maximum Gasteiger partial charge on any atom is 0.271 e. The second-order valence-corrected chi connectivity index (χ2v) is 2.29. The van der Waals surface area contributed by atoms with Crippen molar-refractivity contribution in [1.29, 1.82) is 0 Å². The number of nitrogens with zero attached hydrogens (tertiary/aromatic N) is 1. The molecule has 0 bridgehead atoms. The van der Waals surface area contributed by atoms with E-state index in [1.807, 2.05) is 0 Å². The van der Waals surface area contributed by atoms with Gasteiger partial charge in [0.25, 0.3) is 7.59 Å². The molecule has 5 nitrogen and oxygen atoms in total. The summed E-state index contributed by atoms with van der Waals surface area (Å²) in [7, 11) is -3.14. The fraction of sp³-hybridized carbons (Fsp3) is 0. The summed E-state index contributed by atoms with van der Waals surface area (Å²) in [5.74, 6) is 0. The van der Waals surface area contributed by atoms with Gasteiger partial charge in [-0.05, 0) is 0 Å². The third kappa shape index (κ3) is 526. The molecule has 0 aromatic rings. The van der Waals surface area contributed by atoms with Gasteiger partial charge in [-0.1, -0.05) is 0 Å². The first-order valence-corrected chi connectivity index (χ1v) is 2.87. The van der Waals surface area contributed by atoms with Gasteiger partial charge in [-0.15, -0.1) is 0 Å². The molecule has 6 N–H and O–H groups in total. The quantitative estimate of drug-likeness (QED) is 0.386. The summed E-state index contributed by atoms with van der Waals surface area (Å²) in [4.78, 5) is 0. The molecule has 7 heavy (non-hydrogen) atoms. The lowest BCUT2D eigenvalue weighted by Crippen LogP contribution is -2.12. The lowest BCUT2D eigenvalue weighted by Gasteiger charge is -1.88. The molecule has 0 saturated carbocycles. The second kappa shape index (κ2) is 4.65. The van der Waals surface area contributed by atoms with Crippen molar-refractivity contribution in [2.24, 2.45) is 16.5 Å². The molecule has 6 radical (unpaired) electrons. The number of rotatable bonds is 0. The zero-order valence-electron chi connectivity index (χ0n) is 3.48. The molecule has 0 rings (SSSR count). The summed E-state index contributed by atoms with van der Waals surface area (Å²) in [6.45, 7) is 0. The summed E-state index contributed by atoms with van der Waals surface area (Å²) in [6, 6.07) is 0. The van der Waals surface area contributed by atoms with E-state index in [2.05, 4.69) is 16.5 Å². The number of hydrogen-bond donors (Lipinski definition) is 3. The maximum absolute atomic E-state index is 9.55. The highest BCUT2D eigenvalue weighted by Gasteiger charge is 1.90. The zero-order valence-corrected chi connectivity index (χ0v) is 5.27. The molecule has 0 aliphatic heterocycles. The van der Waals surface area contributed by atoms with E-state index in [0.29, 0.717) is 0 Å². The number of hydrogen-bond acceptors (Lipinski definition) is 1. The van der Waals surface area contributed by atoms with Crippen molar-refractivity contribution in [3.8, 4) is 0 Å². The third-order valence-electron chi connectivity index (χ3n) is 0. The Labute approximate surface area is 45.7 Å². The van der Waals surface area contributed by atoms with Crippen LogP contribution in [0.5, 0.6) is 0 Å². The van der Waals surface area contributed by atoms with Gasteiger partial charge in [0.2, 0.25) is 0 Å². The molecule has 0 aliphatic rings. The predicted octanol–water partition coefficient (Wildman–Crippen LogP) is -0.649. The van der Waals surface area contributed by atoms with Gasteiger partial charge in [-0.2, -0.15) is 0 Å². The van der Waals surface area contributed by atoms with Crippen molar-refractivity contribution < 1.29 is 4.57 Å². The smallest absolute Gasteiger partial charge is 0.271 e. The molecule has 42 valence electrons. The fourth-order valence-corrected chi connectivity index (χ4v) is 0. The summed E-state index contributed by atoms with van der Waals surface area (Å²) >= 11 is 0. The molecule has 0 saturated heterocycles. The highest BCUT2D eigenvalue weighted by atomic mass is 31.2. The van der Waals surface area contributed by atoms with Crippen LogP contribution < -0.4 is 22.7 Å². The van der Waals surface area contributed by atoms with Crippen molar-refractivity contribution in [2.45, 2.75) is 0 Å². The van der Waals surface area contributed by atoms with Crippen LogP contribution in [0.15, 0.2) is 0 Å². The standard InChI is InChI=1S/H6N3OP.N.P/c1-5(2,3)4;;/h(H6,1,2,3,4);;. The topological polar surface area (TPSA) is 126 Å². The molecule has 7 heteroatoms. The van der Waals surface area contributed by atoms with E-state index in [9.17, 15) is 4.57 Å². The van der Waals surface area contributed by atoms with E-state index >= 15 is 0 Å². The van der Waals surface area contributed by atoms with Crippen LogP contribution in [-0.2, 0) is 4.57 Å². The Morgan fingerprint density at radius 1 is 1.14 bits per heavy atom. The molecule has 0 unspecified atom stereocenters. The Hall–Kier alpha value is 0.500. The van der Waals surface area contributed by atoms with Gasteiger partial charge in [0.05, 0.1) is 0 Å². The normalized spacial score (nSPS) is 8.43. The van der Waals surface area contributed by atoms with Gasteiger partial charge in [0, 0.05) is 16.0 Å². The molecule has 0 atom stereocenters. The Morgan fingerprint density at radius 2 is 1.14 bits per heavy atom. The maximum atomic E-state index is 9.55. The largest absolute Gasteiger partial charge is 0.272 e. The summed E-state index contributed by atoms with van der Waals surface area (Å²) in [5, 5.41) is 0. The van der Waals surface area contributed by atoms with Crippen LogP contribution in [0, 0.1) is 0 Å². The Kier molecular flexibility index (Phi) is 10.4. The first-order valence-electron chi connectivity index (χ1n) is 0.957. The van der Waals surface area contributed by atoms with E-state index < -0.39 is 7.59 Å². The fourth-order valence-electron chi connectivity index (χ4n) is 0. The minimum Gasteiger partial charge on any atom is -0.272 e. The molecule has 0 amide bonds. The van der Waals surface area contributed by atoms with E-state index in [-0.39, 0.29) is 16.0 Å². The second-order valence-electron chi connectivity index (χ2n) is 0.763. The molecular weight excluding hydrogens is 134 g/mol. The van der Waals surface area contributed by atoms with Crippen molar-refractivity contribution in [1.82, 2.24) is 6.15 Å². The Balaban J connectivity index is -0.0000000800. The van der Waals surface area contributed by atoms with Crippen LogP contribution in [0.1, 0.15) is 0 Å². The van der Waals surface area contributed by atoms with Crippen LogP contribution in [0.25, 0.3) is 0 Å². The van der Waals surface area contributed by atoms with E-state index in [4.69, 9.17) is 0 Å². The molecule has 0 aromatic carbocycles. The molecule has 0 spiro atoms. The van der Waals surface area contributed by atoms with Crippen molar-refractivity contribution >= 4 is 17.5 Å². The average molecular weight is 140 g/mol. The summed E-state index contributed by atoms with van der Waals surface area (Å²) in [6.07, 6.45) is 0. The minimum atomic E-state index is -3.14. The predicted molar refractivity (Wildman–Crippen MR) is 29.2 cm³/mol. The lowest BCUT2D eigenvalue weighted by atomic mass is 13.8. The van der Waals surface area contributed by atoms with Gasteiger partial charge >= 0.3 is 0 Å². The van der Waals surface area contributed by atoms with Crippen molar-refractivity contribution in [3.05, 3.63) is 0 Å². The first-order chi connectivity index (χ1) is 2.00. The molecular formula is H6N4OP2. The molecule has 0 aromatic heterocycles. The van der Waals surface area contributed by atoms with Gasteiger partial charge in [-0.25, -0.2) is 0 Å². The van der Waals surface area contributed by atoms with E-state index in [1.165, 1.54) is 0 Å². The first kappa shape index (κ1) is 15.6. The zero-order chi connectivity index (χ0) is 4.50. The third-order valence-corrected chi connectivity index (χ3v) is 0. The van der Waals surface area contributed by atoms with Crippen LogP contribution in [0.2, 0.25) is 0 Å². The van der Waals surface area contributed by atoms with Gasteiger partial charge in [-0.3, -0.25) is 21.1 Å². The van der Waals surface area contributed by atoms with Crippen LogP contribution in [-0.4, -0.2) is 0 Å². The van der Waals surface area contributed by atoms with Crippen LogP contribution in [0.3, 0.4) is 0 Å². The van der Waals surface area contributed by atoms with Crippen LogP contribution in [0.4, 0.5) is 0 Å². The Morgan fingerprint density at radius 3 is 1.14 bits per heavy atom. The van der Waals surface area contributed by atoms with Crippen molar-refractivity contribution in [3.63, 3.8) is 0 Å². The summed E-state index contributed by atoms with van der Waals surface area (Å²) in [5.41, 5.74) is 13.4. The summed E-state index contributed by atoms with van der Waals surface area (Å²) < 4.78 is 9.55. The van der Waals surface area contributed by atoms with Crippen LogP contribution >= 0.6 is 17.5 Å². The highest BCUT2D eigenvalue weighted by molar-refractivity contribution is 7.56. The van der Waals surface area contributed by atoms with Gasteiger partial charge in [0.1, 0.15) is 0 Å². The van der Waals surface area contributed by atoms with E-state index in [0.717, 1.165) is 0 Å².